The van der Waals surface area contributed by atoms with Crippen LogP contribution in [0.5, 0.6) is 0 Å². The maximum atomic E-state index is 12.3. The second-order valence-electron chi connectivity index (χ2n) is 6.76. The van der Waals surface area contributed by atoms with E-state index in [0.29, 0.717) is 0 Å². The molecule has 1 rings (SSSR count). The zero-order valence-electron chi connectivity index (χ0n) is 12.6. The van der Waals surface area contributed by atoms with Gasteiger partial charge in [0, 0.05) is 0 Å². The molecule has 1 aliphatic rings. The first-order valence-corrected chi connectivity index (χ1v) is 7.65. The van der Waals surface area contributed by atoms with Crippen LogP contribution in [0.15, 0.2) is 0 Å². The van der Waals surface area contributed by atoms with Gasteiger partial charge in [0.15, 0.2) is 0 Å². The van der Waals surface area contributed by atoms with Crippen molar-refractivity contribution >= 4 is 5.97 Å². The molecule has 0 aromatic rings. The first kappa shape index (κ1) is 15.5. The number of esters is 1. The SMILES string of the molecule is CCCCC(C(=O)OC1CCCCC1)C(C)(C)C. The summed E-state index contributed by atoms with van der Waals surface area (Å²) in [5, 5.41) is 0. The summed E-state index contributed by atoms with van der Waals surface area (Å²) in [6.45, 7) is 8.62. The van der Waals surface area contributed by atoms with Crippen LogP contribution in [0.2, 0.25) is 0 Å². The molecule has 2 heteroatoms. The van der Waals surface area contributed by atoms with Crippen LogP contribution in [-0.4, -0.2) is 12.1 Å². The number of carbonyl (C=O) groups is 1. The molecule has 0 N–H and O–H groups in total. The van der Waals surface area contributed by atoms with E-state index in [0.717, 1.165) is 32.1 Å². The molecule has 0 amide bonds. The summed E-state index contributed by atoms with van der Waals surface area (Å²) in [5.41, 5.74) is 0.0148. The van der Waals surface area contributed by atoms with Crippen molar-refractivity contribution < 1.29 is 9.53 Å². The minimum Gasteiger partial charge on any atom is -0.462 e. The van der Waals surface area contributed by atoms with Gasteiger partial charge in [-0.25, -0.2) is 0 Å². The molecular weight excluding hydrogens is 224 g/mol. The second kappa shape index (κ2) is 7.16. The summed E-state index contributed by atoms with van der Waals surface area (Å²) in [6, 6.07) is 0. The Labute approximate surface area is 112 Å². The van der Waals surface area contributed by atoms with Crippen LogP contribution < -0.4 is 0 Å². The largest absolute Gasteiger partial charge is 0.462 e. The Hall–Kier alpha value is -0.530. The minimum atomic E-state index is 0.0148. The van der Waals surface area contributed by atoms with Crippen LogP contribution in [0.1, 0.15) is 79.1 Å². The van der Waals surface area contributed by atoms with E-state index in [2.05, 4.69) is 27.7 Å². The number of unbranched alkanes of at least 4 members (excludes halogenated alkanes) is 1. The van der Waals surface area contributed by atoms with E-state index in [1.807, 2.05) is 0 Å². The van der Waals surface area contributed by atoms with Gasteiger partial charge in [-0.2, -0.15) is 0 Å². The Morgan fingerprint density at radius 2 is 1.83 bits per heavy atom. The Morgan fingerprint density at radius 3 is 2.33 bits per heavy atom. The van der Waals surface area contributed by atoms with Gasteiger partial charge in [0.2, 0.25) is 0 Å². The zero-order valence-corrected chi connectivity index (χ0v) is 12.6. The predicted molar refractivity (Wildman–Crippen MR) is 75.4 cm³/mol. The first-order valence-electron chi connectivity index (χ1n) is 7.65. The van der Waals surface area contributed by atoms with Crippen LogP contribution >= 0.6 is 0 Å². The van der Waals surface area contributed by atoms with Crippen molar-refractivity contribution in [3.8, 4) is 0 Å². The molecule has 2 nitrogen and oxygen atoms in total. The number of hydrogen-bond donors (Lipinski definition) is 0. The third kappa shape index (κ3) is 4.99. The van der Waals surface area contributed by atoms with Crippen molar-refractivity contribution in [2.45, 2.75) is 85.2 Å². The van der Waals surface area contributed by atoms with E-state index in [9.17, 15) is 4.79 Å². The lowest BCUT2D eigenvalue weighted by Gasteiger charge is -2.31. The van der Waals surface area contributed by atoms with Crippen LogP contribution in [0.4, 0.5) is 0 Å². The van der Waals surface area contributed by atoms with Crippen LogP contribution in [0.3, 0.4) is 0 Å². The Bertz CT molecular complexity index is 246. The smallest absolute Gasteiger partial charge is 0.309 e. The lowest BCUT2D eigenvalue weighted by Crippen LogP contribution is -2.33. The van der Waals surface area contributed by atoms with Crippen LogP contribution in [0.25, 0.3) is 0 Å². The molecule has 18 heavy (non-hydrogen) atoms. The fourth-order valence-electron chi connectivity index (χ4n) is 2.74. The number of ether oxygens (including phenoxy) is 1. The van der Waals surface area contributed by atoms with Crippen LogP contribution in [0, 0.1) is 11.3 Å². The minimum absolute atomic E-state index is 0.0148. The summed E-state index contributed by atoms with van der Waals surface area (Å²) in [5.74, 6) is 0.0993. The highest BCUT2D eigenvalue weighted by molar-refractivity contribution is 5.73. The lowest BCUT2D eigenvalue weighted by molar-refractivity contribution is -0.159. The van der Waals surface area contributed by atoms with Crippen molar-refractivity contribution in [3.63, 3.8) is 0 Å². The number of rotatable bonds is 5. The Kier molecular flexibility index (Phi) is 6.17. The summed E-state index contributed by atoms with van der Waals surface area (Å²) in [6.07, 6.45) is 9.27. The van der Waals surface area contributed by atoms with Gasteiger partial charge in [0.1, 0.15) is 6.10 Å². The fraction of sp³-hybridized carbons (Fsp3) is 0.938. The maximum absolute atomic E-state index is 12.3. The van der Waals surface area contributed by atoms with E-state index in [4.69, 9.17) is 4.74 Å². The van der Waals surface area contributed by atoms with Gasteiger partial charge in [0.25, 0.3) is 0 Å². The Balaban J connectivity index is 2.52. The van der Waals surface area contributed by atoms with Gasteiger partial charge in [-0.05, 0) is 37.5 Å². The topological polar surface area (TPSA) is 26.3 Å². The van der Waals surface area contributed by atoms with Gasteiger partial charge in [0.05, 0.1) is 5.92 Å². The zero-order chi connectivity index (χ0) is 13.6. The molecule has 0 heterocycles. The third-order valence-corrected chi connectivity index (χ3v) is 4.01. The lowest BCUT2D eigenvalue weighted by atomic mass is 9.78. The fourth-order valence-corrected chi connectivity index (χ4v) is 2.74. The van der Waals surface area contributed by atoms with E-state index >= 15 is 0 Å². The molecular formula is C16H30O2. The quantitative estimate of drug-likeness (QED) is 0.664. The number of hydrogen-bond acceptors (Lipinski definition) is 2. The average molecular weight is 254 g/mol. The molecule has 0 aliphatic heterocycles. The van der Waals surface area contributed by atoms with Gasteiger partial charge in [-0.1, -0.05) is 47.0 Å². The van der Waals surface area contributed by atoms with Crippen molar-refractivity contribution in [2.24, 2.45) is 11.3 Å². The molecule has 0 aromatic heterocycles. The van der Waals surface area contributed by atoms with Crippen molar-refractivity contribution in [3.05, 3.63) is 0 Å². The highest BCUT2D eigenvalue weighted by Gasteiger charge is 2.33. The molecule has 1 fully saturated rings. The molecule has 1 atom stereocenters. The molecule has 1 unspecified atom stereocenters. The molecule has 1 aliphatic carbocycles. The maximum Gasteiger partial charge on any atom is 0.309 e. The highest BCUT2D eigenvalue weighted by atomic mass is 16.5. The monoisotopic (exact) mass is 254 g/mol. The van der Waals surface area contributed by atoms with Crippen molar-refractivity contribution in [1.29, 1.82) is 0 Å². The standard InChI is InChI=1S/C16H30O2/c1-5-6-12-14(16(2,3)4)15(17)18-13-10-8-7-9-11-13/h13-14H,5-12H2,1-4H3. The van der Waals surface area contributed by atoms with E-state index in [1.165, 1.54) is 19.3 Å². The number of carbonyl (C=O) groups excluding carboxylic acids is 1. The van der Waals surface area contributed by atoms with Gasteiger partial charge < -0.3 is 4.74 Å². The van der Waals surface area contributed by atoms with E-state index in [-0.39, 0.29) is 23.4 Å². The summed E-state index contributed by atoms with van der Waals surface area (Å²) in [4.78, 5) is 12.3. The van der Waals surface area contributed by atoms with Crippen molar-refractivity contribution in [1.82, 2.24) is 0 Å². The Morgan fingerprint density at radius 1 is 1.22 bits per heavy atom. The average Bonchev–Trinajstić information content (AvgIpc) is 2.29. The van der Waals surface area contributed by atoms with Gasteiger partial charge >= 0.3 is 5.97 Å². The highest BCUT2D eigenvalue weighted by Crippen LogP contribution is 2.32. The van der Waals surface area contributed by atoms with Gasteiger partial charge in [-0.15, -0.1) is 0 Å². The van der Waals surface area contributed by atoms with Gasteiger partial charge in [-0.3, -0.25) is 4.79 Å². The predicted octanol–water partition coefficient (Wildman–Crippen LogP) is 4.71. The van der Waals surface area contributed by atoms with Crippen molar-refractivity contribution in [2.75, 3.05) is 0 Å². The normalized spacial score (nSPS) is 19.6. The third-order valence-electron chi connectivity index (χ3n) is 4.01. The first-order chi connectivity index (χ1) is 8.45. The molecule has 0 saturated heterocycles. The van der Waals surface area contributed by atoms with E-state index in [1.54, 1.807) is 0 Å². The molecule has 1 saturated carbocycles. The molecule has 0 radical (unpaired) electrons. The molecule has 0 spiro atoms. The summed E-state index contributed by atoms with van der Waals surface area (Å²) < 4.78 is 5.74. The van der Waals surface area contributed by atoms with Crippen LogP contribution in [-0.2, 0) is 9.53 Å². The second-order valence-corrected chi connectivity index (χ2v) is 6.76. The van der Waals surface area contributed by atoms with E-state index < -0.39 is 0 Å². The molecule has 0 aromatic carbocycles. The summed E-state index contributed by atoms with van der Waals surface area (Å²) >= 11 is 0. The molecule has 106 valence electrons. The molecule has 0 bridgehead atoms. The summed E-state index contributed by atoms with van der Waals surface area (Å²) in [7, 11) is 0.